The van der Waals surface area contributed by atoms with Crippen molar-refractivity contribution in [2.24, 2.45) is 0 Å². The van der Waals surface area contributed by atoms with Crippen LogP contribution in [0.3, 0.4) is 0 Å². The van der Waals surface area contributed by atoms with Crippen LogP contribution in [-0.2, 0) is 6.54 Å². The van der Waals surface area contributed by atoms with Crippen molar-refractivity contribution in [3.05, 3.63) is 60.2 Å². The Morgan fingerprint density at radius 2 is 1.88 bits per heavy atom. The second-order valence-corrected chi connectivity index (χ2v) is 6.62. The van der Waals surface area contributed by atoms with Gasteiger partial charge in [-0.1, -0.05) is 30.3 Å². The average molecular weight is 377 g/mol. The molecule has 0 saturated carbocycles. The molecule has 0 aromatic heterocycles. The largest absolute Gasteiger partial charge is 0.435 e. The third kappa shape index (κ3) is 5.64. The zero-order valence-corrected chi connectivity index (χ0v) is 15.0. The number of nitrogens with zero attached hydrogens (tertiary/aromatic N) is 1. The molecular formula is C19H21F2N3OS. The van der Waals surface area contributed by atoms with Crippen molar-refractivity contribution in [3.8, 4) is 5.75 Å². The van der Waals surface area contributed by atoms with E-state index in [0.29, 0.717) is 11.2 Å². The van der Waals surface area contributed by atoms with Crippen LogP contribution < -0.4 is 15.4 Å². The van der Waals surface area contributed by atoms with Crippen LogP contribution in [0.1, 0.15) is 12.0 Å². The predicted octanol–water partition coefficient (Wildman–Crippen LogP) is 3.85. The topological polar surface area (TPSA) is 36.5 Å². The Hall–Kier alpha value is -2.25. The molecule has 7 heteroatoms. The Bertz CT molecular complexity index is 712. The quantitative estimate of drug-likeness (QED) is 0.748. The van der Waals surface area contributed by atoms with E-state index in [0.717, 1.165) is 31.7 Å². The number of ether oxygens (including phenoxy) is 1. The van der Waals surface area contributed by atoms with Crippen molar-refractivity contribution in [1.82, 2.24) is 10.2 Å². The second kappa shape index (κ2) is 8.91. The first-order valence-corrected chi connectivity index (χ1v) is 8.88. The molecule has 3 rings (SSSR count). The molecule has 0 unspecified atom stereocenters. The lowest BCUT2D eigenvalue weighted by Gasteiger charge is -2.18. The van der Waals surface area contributed by atoms with Crippen molar-refractivity contribution in [2.45, 2.75) is 25.6 Å². The SMILES string of the molecule is FC(F)Oc1ccc(NC(=S)N[C@@H]2CCN(Cc3ccccc3)C2)cc1. The fourth-order valence-electron chi connectivity index (χ4n) is 3.01. The van der Waals surface area contributed by atoms with E-state index in [2.05, 4.69) is 44.5 Å². The van der Waals surface area contributed by atoms with Gasteiger partial charge < -0.3 is 15.4 Å². The molecule has 2 aromatic carbocycles. The number of alkyl halides is 2. The third-order valence-corrected chi connectivity index (χ3v) is 4.41. The van der Waals surface area contributed by atoms with Crippen LogP contribution in [0.4, 0.5) is 14.5 Å². The fraction of sp³-hybridized carbons (Fsp3) is 0.316. The van der Waals surface area contributed by atoms with Gasteiger partial charge in [0.15, 0.2) is 5.11 Å². The molecule has 138 valence electrons. The summed E-state index contributed by atoms with van der Waals surface area (Å²) in [4.78, 5) is 2.39. The van der Waals surface area contributed by atoms with Crippen LogP contribution >= 0.6 is 12.2 Å². The minimum atomic E-state index is -2.82. The first kappa shape index (κ1) is 18.5. The van der Waals surface area contributed by atoms with Gasteiger partial charge in [-0.05, 0) is 48.5 Å². The summed E-state index contributed by atoms with van der Waals surface area (Å²) in [5.41, 5.74) is 2.03. The van der Waals surface area contributed by atoms with E-state index < -0.39 is 6.61 Å². The van der Waals surface area contributed by atoms with Gasteiger partial charge in [-0.15, -0.1) is 0 Å². The Labute approximate surface area is 157 Å². The molecule has 1 heterocycles. The molecule has 4 nitrogen and oxygen atoms in total. The summed E-state index contributed by atoms with van der Waals surface area (Å²) in [5, 5.41) is 6.92. The van der Waals surface area contributed by atoms with Crippen molar-refractivity contribution in [2.75, 3.05) is 18.4 Å². The number of rotatable bonds is 6. The number of benzene rings is 2. The maximum absolute atomic E-state index is 12.2. The van der Waals surface area contributed by atoms with Gasteiger partial charge in [0.2, 0.25) is 0 Å². The van der Waals surface area contributed by atoms with Crippen molar-refractivity contribution in [3.63, 3.8) is 0 Å². The molecule has 1 fully saturated rings. The van der Waals surface area contributed by atoms with E-state index in [4.69, 9.17) is 12.2 Å². The summed E-state index contributed by atoms with van der Waals surface area (Å²) in [6.45, 7) is 0.0649. The number of likely N-dealkylation sites (tertiary alicyclic amines) is 1. The molecule has 0 aliphatic carbocycles. The monoisotopic (exact) mass is 377 g/mol. The van der Waals surface area contributed by atoms with Gasteiger partial charge in [-0.3, -0.25) is 4.90 Å². The number of hydrogen-bond donors (Lipinski definition) is 2. The van der Waals surface area contributed by atoms with Crippen LogP contribution in [-0.4, -0.2) is 35.8 Å². The number of hydrogen-bond acceptors (Lipinski definition) is 3. The van der Waals surface area contributed by atoms with E-state index >= 15 is 0 Å². The molecule has 1 aliphatic rings. The second-order valence-electron chi connectivity index (χ2n) is 6.21. The molecule has 2 aromatic rings. The minimum absolute atomic E-state index is 0.122. The standard InChI is InChI=1S/C19H21F2N3OS/c20-18(21)25-17-8-6-15(7-9-17)22-19(26)23-16-10-11-24(13-16)12-14-4-2-1-3-5-14/h1-9,16,18H,10-13H2,(H2,22,23,26)/t16-/m1/s1. The molecule has 0 spiro atoms. The summed E-state index contributed by atoms with van der Waals surface area (Å²) >= 11 is 5.35. The maximum atomic E-state index is 12.2. The van der Waals surface area contributed by atoms with Crippen LogP contribution in [0, 0.1) is 0 Å². The van der Waals surface area contributed by atoms with Crippen LogP contribution in [0.25, 0.3) is 0 Å². The van der Waals surface area contributed by atoms with Gasteiger partial charge in [0.05, 0.1) is 0 Å². The highest BCUT2D eigenvalue weighted by molar-refractivity contribution is 7.80. The molecular weight excluding hydrogens is 356 g/mol. The number of anilines is 1. The van der Waals surface area contributed by atoms with E-state index in [-0.39, 0.29) is 5.75 Å². The molecule has 0 bridgehead atoms. The molecule has 2 N–H and O–H groups in total. The summed E-state index contributed by atoms with van der Waals surface area (Å²) in [6, 6.07) is 17.0. The molecule has 0 amide bonds. The summed E-state index contributed by atoms with van der Waals surface area (Å²) in [5.74, 6) is 0.122. The van der Waals surface area contributed by atoms with E-state index in [1.807, 2.05) is 6.07 Å². The molecule has 26 heavy (non-hydrogen) atoms. The first-order valence-electron chi connectivity index (χ1n) is 8.47. The normalized spacial score (nSPS) is 17.3. The lowest BCUT2D eigenvalue weighted by Crippen LogP contribution is -2.39. The van der Waals surface area contributed by atoms with Crippen molar-refractivity contribution in [1.29, 1.82) is 0 Å². The third-order valence-electron chi connectivity index (χ3n) is 4.19. The fourth-order valence-corrected chi connectivity index (χ4v) is 3.29. The lowest BCUT2D eigenvalue weighted by molar-refractivity contribution is -0.0498. The van der Waals surface area contributed by atoms with Crippen LogP contribution in [0.2, 0.25) is 0 Å². The lowest BCUT2D eigenvalue weighted by atomic mass is 10.2. The number of nitrogens with one attached hydrogen (secondary N) is 2. The number of thiocarbonyl (C=S) groups is 1. The van der Waals surface area contributed by atoms with Gasteiger partial charge in [-0.2, -0.15) is 8.78 Å². The van der Waals surface area contributed by atoms with E-state index in [9.17, 15) is 8.78 Å². The minimum Gasteiger partial charge on any atom is -0.435 e. The van der Waals surface area contributed by atoms with Gasteiger partial charge in [0, 0.05) is 31.4 Å². The van der Waals surface area contributed by atoms with Gasteiger partial charge >= 0.3 is 6.61 Å². The average Bonchev–Trinajstić information content (AvgIpc) is 3.04. The molecule has 1 atom stereocenters. The van der Waals surface area contributed by atoms with Crippen molar-refractivity contribution < 1.29 is 13.5 Å². The highest BCUT2D eigenvalue weighted by Gasteiger charge is 2.22. The van der Waals surface area contributed by atoms with E-state index in [1.54, 1.807) is 12.1 Å². The summed E-state index contributed by atoms with van der Waals surface area (Å²) < 4.78 is 28.6. The zero-order chi connectivity index (χ0) is 18.4. The Balaban J connectivity index is 1.44. The van der Waals surface area contributed by atoms with E-state index in [1.165, 1.54) is 17.7 Å². The number of halogens is 2. The predicted molar refractivity (Wildman–Crippen MR) is 103 cm³/mol. The maximum Gasteiger partial charge on any atom is 0.387 e. The zero-order valence-electron chi connectivity index (χ0n) is 14.2. The summed E-state index contributed by atoms with van der Waals surface area (Å²) in [6.07, 6.45) is 1.02. The van der Waals surface area contributed by atoms with Gasteiger partial charge in [-0.25, -0.2) is 0 Å². The Morgan fingerprint density at radius 3 is 2.58 bits per heavy atom. The Morgan fingerprint density at radius 1 is 1.15 bits per heavy atom. The highest BCUT2D eigenvalue weighted by Crippen LogP contribution is 2.18. The molecule has 1 aliphatic heterocycles. The molecule has 0 radical (unpaired) electrons. The van der Waals surface area contributed by atoms with Crippen LogP contribution in [0.5, 0.6) is 5.75 Å². The smallest absolute Gasteiger partial charge is 0.387 e. The van der Waals surface area contributed by atoms with Crippen molar-refractivity contribution >= 4 is 23.0 Å². The Kier molecular flexibility index (Phi) is 6.35. The first-order chi connectivity index (χ1) is 12.6. The van der Waals surface area contributed by atoms with Crippen LogP contribution in [0.15, 0.2) is 54.6 Å². The summed E-state index contributed by atoms with van der Waals surface area (Å²) in [7, 11) is 0. The highest BCUT2D eigenvalue weighted by atomic mass is 32.1. The van der Waals surface area contributed by atoms with Gasteiger partial charge in [0.1, 0.15) is 5.75 Å². The molecule has 1 saturated heterocycles. The van der Waals surface area contributed by atoms with Gasteiger partial charge in [0.25, 0.3) is 0 Å².